The van der Waals surface area contributed by atoms with Crippen molar-refractivity contribution < 1.29 is 13.5 Å². The lowest BCUT2D eigenvalue weighted by atomic mass is 10.3. The van der Waals surface area contributed by atoms with Gasteiger partial charge in [-0.1, -0.05) is 13.3 Å². The summed E-state index contributed by atoms with van der Waals surface area (Å²) in [6.45, 7) is 5.31. The van der Waals surface area contributed by atoms with Crippen molar-refractivity contribution in [1.29, 1.82) is 0 Å². The molecule has 1 heterocycles. The number of imidazole rings is 1. The molecule has 1 unspecified atom stereocenters. The summed E-state index contributed by atoms with van der Waals surface area (Å²) in [5.74, 6) is -1.25. The van der Waals surface area contributed by atoms with Crippen LogP contribution in [0.1, 0.15) is 37.9 Å². The van der Waals surface area contributed by atoms with Gasteiger partial charge in [0.15, 0.2) is 11.6 Å². The minimum Gasteiger partial charge on any atom is -0.380 e. The maximum absolute atomic E-state index is 14.0. The highest BCUT2D eigenvalue weighted by molar-refractivity contribution is 6.20. The smallest absolute Gasteiger partial charge is 0.184 e. The molecule has 0 N–H and O–H groups in total. The average Bonchev–Trinajstić information content (AvgIpc) is 2.82. The fourth-order valence-corrected chi connectivity index (χ4v) is 2.38. The van der Waals surface area contributed by atoms with Crippen molar-refractivity contribution in [3.8, 4) is 0 Å². The van der Waals surface area contributed by atoms with Crippen LogP contribution in [-0.4, -0.2) is 22.8 Å². The summed E-state index contributed by atoms with van der Waals surface area (Å²) in [6.07, 6.45) is 2.03. The first-order valence-corrected chi connectivity index (χ1v) is 7.55. The maximum Gasteiger partial charge on any atom is 0.184 e. The average molecular weight is 317 g/mol. The fourth-order valence-electron chi connectivity index (χ4n) is 2.21. The lowest BCUT2D eigenvalue weighted by Crippen LogP contribution is -2.11. The lowest BCUT2D eigenvalue weighted by molar-refractivity contribution is 0.123. The van der Waals surface area contributed by atoms with Crippen LogP contribution >= 0.6 is 11.6 Å². The standard InChI is InChI=1S/C15H19ClF2N2O/c1-3-4-8-21-9-7-20-14-12(19-15(20)10(2)16)6-5-11(17)13(14)18/h5-6,10H,3-4,7-9H2,1-2H3. The first-order chi connectivity index (χ1) is 10.1. The second-order valence-corrected chi connectivity index (χ2v) is 5.59. The molecule has 0 aliphatic carbocycles. The van der Waals surface area contributed by atoms with E-state index in [9.17, 15) is 8.78 Å². The topological polar surface area (TPSA) is 27.1 Å². The van der Waals surface area contributed by atoms with E-state index in [4.69, 9.17) is 16.3 Å². The third kappa shape index (κ3) is 3.52. The Kier molecular flexibility index (Phi) is 5.53. The quantitative estimate of drug-likeness (QED) is 0.558. The van der Waals surface area contributed by atoms with Crippen molar-refractivity contribution >= 4 is 22.6 Å². The molecule has 0 radical (unpaired) electrons. The Morgan fingerprint density at radius 2 is 2.10 bits per heavy atom. The molecule has 3 nitrogen and oxygen atoms in total. The van der Waals surface area contributed by atoms with Gasteiger partial charge in [-0.3, -0.25) is 0 Å². The molecule has 0 fully saturated rings. The largest absolute Gasteiger partial charge is 0.380 e. The molecule has 0 saturated carbocycles. The normalized spacial score (nSPS) is 13.0. The number of unbranched alkanes of at least 4 members (excludes halogenated alkanes) is 1. The Morgan fingerprint density at radius 1 is 1.33 bits per heavy atom. The third-order valence-corrected chi connectivity index (χ3v) is 3.48. The second kappa shape index (κ2) is 7.18. The van der Waals surface area contributed by atoms with Gasteiger partial charge in [0.2, 0.25) is 0 Å². The summed E-state index contributed by atoms with van der Waals surface area (Å²) in [5, 5.41) is -0.393. The van der Waals surface area contributed by atoms with Gasteiger partial charge in [0.05, 0.1) is 17.5 Å². The number of hydrogen-bond acceptors (Lipinski definition) is 2. The number of aromatic nitrogens is 2. The van der Waals surface area contributed by atoms with Gasteiger partial charge in [-0.25, -0.2) is 13.8 Å². The van der Waals surface area contributed by atoms with Gasteiger partial charge in [0.25, 0.3) is 0 Å². The summed E-state index contributed by atoms with van der Waals surface area (Å²) >= 11 is 6.09. The molecule has 0 saturated heterocycles. The van der Waals surface area contributed by atoms with E-state index in [1.54, 1.807) is 11.5 Å². The molecule has 0 spiro atoms. The zero-order valence-corrected chi connectivity index (χ0v) is 13.0. The fraction of sp³-hybridized carbons (Fsp3) is 0.533. The van der Waals surface area contributed by atoms with Gasteiger partial charge in [0.1, 0.15) is 11.3 Å². The van der Waals surface area contributed by atoms with Gasteiger partial charge >= 0.3 is 0 Å². The number of hydrogen-bond donors (Lipinski definition) is 0. The Balaban J connectivity index is 2.30. The van der Waals surface area contributed by atoms with Gasteiger partial charge in [-0.15, -0.1) is 11.6 Å². The number of ether oxygens (including phenoxy) is 1. The zero-order chi connectivity index (χ0) is 15.4. The van der Waals surface area contributed by atoms with E-state index in [0.717, 1.165) is 18.9 Å². The molecule has 21 heavy (non-hydrogen) atoms. The predicted molar refractivity (Wildman–Crippen MR) is 79.6 cm³/mol. The van der Waals surface area contributed by atoms with E-state index in [0.29, 0.717) is 31.1 Å². The minimum absolute atomic E-state index is 0.150. The maximum atomic E-state index is 14.0. The molecular weight excluding hydrogens is 298 g/mol. The molecule has 1 aromatic heterocycles. The first kappa shape index (κ1) is 16.2. The lowest BCUT2D eigenvalue weighted by Gasteiger charge is -2.11. The van der Waals surface area contributed by atoms with Gasteiger partial charge in [-0.05, 0) is 25.5 Å². The summed E-state index contributed by atoms with van der Waals surface area (Å²) in [5.41, 5.74) is 0.557. The summed E-state index contributed by atoms with van der Waals surface area (Å²) < 4.78 is 34.6. The summed E-state index contributed by atoms with van der Waals surface area (Å²) in [6, 6.07) is 2.54. The van der Waals surface area contributed by atoms with Crippen LogP contribution in [0, 0.1) is 11.6 Å². The molecule has 0 aliphatic heterocycles. The third-order valence-electron chi connectivity index (χ3n) is 3.29. The summed E-state index contributed by atoms with van der Waals surface area (Å²) in [4.78, 5) is 4.30. The molecule has 116 valence electrons. The van der Waals surface area contributed by atoms with Crippen LogP contribution < -0.4 is 0 Å². The van der Waals surface area contributed by atoms with E-state index < -0.39 is 17.0 Å². The van der Waals surface area contributed by atoms with Gasteiger partial charge in [-0.2, -0.15) is 0 Å². The van der Waals surface area contributed by atoms with Crippen molar-refractivity contribution in [2.45, 2.75) is 38.6 Å². The van der Waals surface area contributed by atoms with Crippen LogP contribution in [0.15, 0.2) is 12.1 Å². The van der Waals surface area contributed by atoms with Crippen molar-refractivity contribution in [2.75, 3.05) is 13.2 Å². The van der Waals surface area contributed by atoms with E-state index in [2.05, 4.69) is 11.9 Å². The van der Waals surface area contributed by atoms with Gasteiger partial charge < -0.3 is 9.30 Å². The van der Waals surface area contributed by atoms with Crippen LogP contribution in [0.5, 0.6) is 0 Å². The molecule has 0 amide bonds. The van der Waals surface area contributed by atoms with E-state index in [1.165, 1.54) is 6.07 Å². The molecule has 0 bridgehead atoms. The minimum atomic E-state index is -0.892. The Bertz CT molecular complexity index is 613. The van der Waals surface area contributed by atoms with E-state index in [1.807, 2.05) is 0 Å². The summed E-state index contributed by atoms with van der Waals surface area (Å²) in [7, 11) is 0. The molecule has 0 aliphatic rings. The van der Waals surface area contributed by atoms with Crippen LogP contribution in [0.3, 0.4) is 0 Å². The number of halogens is 3. The molecule has 1 atom stereocenters. The monoisotopic (exact) mass is 316 g/mol. The van der Waals surface area contributed by atoms with Crippen molar-refractivity contribution in [3.05, 3.63) is 29.6 Å². The van der Waals surface area contributed by atoms with Crippen LogP contribution in [0.4, 0.5) is 8.78 Å². The van der Waals surface area contributed by atoms with Crippen LogP contribution in [0.25, 0.3) is 11.0 Å². The van der Waals surface area contributed by atoms with E-state index in [-0.39, 0.29) is 5.52 Å². The Hall–Kier alpha value is -1.20. The van der Waals surface area contributed by atoms with Gasteiger partial charge in [0, 0.05) is 13.2 Å². The van der Waals surface area contributed by atoms with Crippen molar-refractivity contribution in [2.24, 2.45) is 0 Å². The molecular formula is C15H19ClF2N2O. The number of fused-ring (bicyclic) bond motifs is 1. The number of rotatable bonds is 7. The molecule has 2 aromatic rings. The van der Waals surface area contributed by atoms with Crippen molar-refractivity contribution in [1.82, 2.24) is 9.55 Å². The molecule has 6 heteroatoms. The molecule has 1 aromatic carbocycles. The van der Waals surface area contributed by atoms with Crippen molar-refractivity contribution in [3.63, 3.8) is 0 Å². The number of alkyl halides is 1. The van der Waals surface area contributed by atoms with E-state index >= 15 is 0 Å². The number of benzene rings is 1. The van der Waals surface area contributed by atoms with Crippen LogP contribution in [-0.2, 0) is 11.3 Å². The Morgan fingerprint density at radius 3 is 2.76 bits per heavy atom. The highest BCUT2D eigenvalue weighted by atomic mass is 35.5. The number of nitrogens with zero attached hydrogens (tertiary/aromatic N) is 2. The highest BCUT2D eigenvalue weighted by Crippen LogP contribution is 2.27. The Labute approximate surface area is 127 Å². The predicted octanol–water partition coefficient (Wildman–Crippen LogP) is 4.43. The van der Waals surface area contributed by atoms with Crippen LogP contribution in [0.2, 0.25) is 0 Å². The zero-order valence-electron chi connectivity index (χ0n) is 12.2. The molecule has 2 rings (SSSR count). The highest BCUT2D eigenvalue weighted by Gasteiger charge is 2.19. The SMILES string of the molecule is CCCCOCCn1c(C(C)Cl)nc2ccc(F)c(F)c21. The second-order valence-electron chi connectivity index (χ2n) is 4.93. The first-order valence-electron chi connectivity index (χ1n) is 7.12.